The highest BCUT2D eigenvalue weighted by Crippen LogP contribution is 2.21. The van der Waals surface area contributed by atoms with Crippen LogP contribution in [0.4, 0.5) is 10.5 Å². The fraction of sp³-hybridized carbons (Fsp3) is 0.333. The topological polar surface area (TPSA) is 74.6 Å². The highest BCUT2D eigenvalue weighted by molar-refractivity contribution is 9.10. The number of halogens is 1. The van der Waals surface area contributed by atoms with Gasteiger partial charge >= 0.3 is 6.03 Å². The molecule has 3 rings (SSSR count). The van der Waals surface area contributed by atoms with Gasteiger partial charge in [-0.05, 0) is 43.5 Å². The van der Waals surface area contributed by atoms with E-state index in [-0.39, 0.29) is 18.0 Å². The summed E-state index contributed by atoms with van der Waals surface area (Å²) >= 11 is 3.41. The first-order valence-electron chi connectivity index (χ1n) is 8.18. The fourth-order valence-electron chi connectivity index (χ4n) is 2.87. The standard InChI is InChI=1S/C18H20BrN3O3/c1-12-2-3-14(19)10-16(12)21-18(24)20-15-4-7-22(8-5-15)17(23)13-6-9-25-11-13/h2-3,6,9-11,15H,4-5,7-8H2,1H3,(H2,20,21,24). The van der Waals surface area contributed by atoms with Crippen molar-refractivity contribution in [2.24, 2.45) is 0 Å². The maximum absolute atomic E-state index is 12.3. The highest BCUT2D eigenvalue weighted by atomic mass is 79.9. The first-order chi connectivity index (χ1) is 12.0. The summed E-state index contributed by atoms with van der Waals surface area (Å²) in [5, 5.41) is 5.87. The smallest absolute Gasteiger partial charge is 0.319 e. The Bertz CT molecular complexity index is 753. The molecule has 1 aromatic carbocycles. The van der Waals surface area contributed by atoms with Gasteiger partial charge in [-0.15, -0.1) is 0 Å². The number of hydrogen-bond donors (Lipinski definition) is 2. The zero-order valence-corrected chi connectivity index (χ0v) is 15.5. The molecule has 2 N–H and O–H groups in total. The van der Waals surface area contributed by atoms with E-state index in [0.29, 0.717) is 18.7 Å². The number of furan rings is 1. The zero-order valence-electron chi connectivity index (χ0n) is 13.9. The number of rotatable bonds is 3. The molecule has 1 saturated heterocycles. The molecule has 0 aliphatic carbocycles. The molecule has 0 atom stereocenters. The third kappa shape index (κ3) is 4.42. The van der Waals surface area contributed by atoms with Crippen molar-refractivity contribution in [1.82, 2.24) is 10.2 Å². The first kappa shape index (κ1) is 17.5. The molecule has 3 amide bonds. The summed E-state index contributed by atoms with van der Waals surface area (Å²) in [6, 6.07) is 7.26. The lowest BCUT2D eigenvalue weighted by Crippen LogP contribution is -2.47. The second kappa shape index (κ2) is 7.74. The second-order valence-corrected chi connectivity index (χ2v) is 7.05. The van der Waals surface area contributed by atoms with Crippen molar-refractivity contribution in [3.8, 4) is 0 Å². The maximum Gasteiger partial charge on any atom is 0.319 e. The number of urea groups is 1. The van der Waals surface area contributed by atoms with Gasteiger partial charge in [-0.3, -0.25) is 4.79 Å². The third-order valence-electron chi connectivity index (χ3n) is 4.33. The van der Waals surface area contributed by atoms with E-state index in [1.54, 1.807) is 11.0 Å². The summed E-state index contributed by atoms with van der Waals surface area (Å²) in [5.41, 5.74) is 2.34. The van der Waals surface area contributed by atoms with E-state index in [1.165, 1.54) is 12.5 Å². The molecule has 2 aromatic rings. The molecule has 0 spiro atoms. The van der Waals surface area contributed by atoms with E-state index in [0.717, 1.165) is 28.6 Å². The lowest BCUT2D eigenvalue weighted by Gasteiger charge is -2.32. The average Bonchev–Trinajstić information content (AvgIpc) is 3.13. The number of anilines is 1. The van der Waals surface area contributed by atoms with Crippen LogP contribution in [0, 0.1) is 6.92 Å². The second-order valence-electron chi connectivity index (χ2n) is 6.14. The summed E-state index contributed by atoms with van der Waals surface area (Å²) in [4.78, 5) is 26.3. The molecule has 0 radical (unpaired) electrons. The van der Waals surface area contributed by atoms with Crippen LogP contribution in [-0.4, -0.2) is 36.0 Å². The number of aryl methyl sites for hydroxylation is 1. The molecular weight excluding hydrogens is 386 g/mol. The van der Waals surface area contributed by atoms with E-state index >= 15 is 0 Å². The van der Waals surface area contributed by atoms with Crippen molar-refractivity contribution >= 4 is 33.6 Å². The molecule has 1 fully saturated rings. The van der Waals surface area contributed by atoms with Crippen LogP contribution in [0.1, 0.15) is 28.8 Å². The number of carbonyl (C=O) groups excluding carboxylic acids is 2. The lowest BCUT2D eigenvalue weighted by molar-refractivity contribution is 0.0708. The molecule has 0 saturated carbocycles. The van der Waals surface area contributed by atoms with Gasteiger partial charge in [-0.2, -0.15) is 0 Å². The Morgan fingerprint density at radius 3 is 2.68 bits per heavy atom. The molecule has 132 valence electrons. The van der Waals surface area contributed by atoms with Crippen LogP contribution in [0.5, 0.6) is 0 Å². The number of likely N-dealkylation sites (tertiary alicyclic amines) is 1. The van der Waals surface area contributed by atoms with Crippen LogP contribution in [0.3, 0.4) is 0 Å². The van der Waals surface area contributed by atoms with Crippen LogP contribution in [-0.2, 0) is 0 Å². The van der Waals surface area contributed by atoms with Gasteiger partial charge in [0.15, 0.2) is 0 Å². The van der Waals surface area contributed by atoms with Crippen LogP contribution in [0.25, 0.3) is 0 Å². The number of amides is 3. The predicted octanol–water partition coefficient (Wildman–Crippen LogP) is 3.78. The van der Waals surface area contributed by atoms with Gasteiger partial charge in [-0.25, -0.2) is 4.79 Å². The summed E-state index contributed by atoms with van der Waals surface area (Å²) in [6.45, 7) is 3.18. The Hall–Kier alpha value is -2.28. The number of nitrogens with zero attached hydrogens (tertiary/aromatic N) is 1. The van der Waals surface area contributed by atoms with Crippen molar-refractivity contribution in [2.45, 2.75) is 25.8 Å². The maximum atomic E-state index is 12.3. The molecule has 1 aliphatic heterocycles. The number of piperidine rings is 1. The minimum Gasteiger partial charge on any atom is -0.472 e. The van der Waals surface area contributed by atoms with E-state index in [1.807, 2.05) is 25.1 Å². The Morgan fingerprint density at radius 2 is 2.00 bits per heavy atom. The quantitative estimate of drug-likeness (QED) is 0.815. The Morgan fingerprint density at radius 1 is 1.24 bits per heavy atom. The van der Waals surface area contributed by atoms with E-state index in [9.17, 15) is 9.59 Å². The fourth-order valence-corrected chi connectivity index (χ4v) is 3.23. The monoisotopic (exact) mass is 405 g/mol. The van der Waals surface area contributed by atoms with Crippen LogP contribution in [0.2, 0.25) is 0 Å². The van der Waals surface area contributed by atoms with Gasteiger partial charge in [0.05, 0.1) is 11.8 Å². The van der Waals surface area contributed by atoms with Crippen molar-refractivity contribution in [2.75, 3.05) is 18.4 Å². The molecule has 0 bridgehead atoms. The SMILES string of the molecule is Cc1ccc(Br)cc1NC(=O)NC1CCN(C(=O)c2ccoc2)CC1. The summed E-state index contributed by atoms with van der Waals surface area (Å²) in [7, 11) is 0. The largest absolute Gasteiger partial charge is 0.472 e. The molecule has 0 unspecified atom stereocenters. The molecule has 6 nitrogen and oxygen atoms in total. The summed E-state index contributed by atoms with van der Waals surface area (Å²) < 4.78 is 5.87. The van der Waals surface area contributed by atoms with E-state index in [4.69, 9.17) is 4.42 Å². The van der Waals surface area contributed by atoms with Crippen LogP contribution in [0.15, 0.2) is 45.7 Å². The lowest BCUT2D eigenvalue weighted by atomic mass is 10.0. The number of hydrogen-bond acceptors (Lipinski definition) is 3. The Labute approximate surface area is 154 Å². The molecule has 25 heavy (non-hydrogen) atoms. The average molecular weight is 406 g/mol. The normalized spacial score (nSPS) is 15.0. The van der Waals surface area contributed by atoms with Crippen molar-refractivity contribution in [1.29, 1.82) is 0 Å². The van der Waals surface area contributed by atoms with Gasteiger partial charge < -0.3 is 20.0 Å². The first-order valence-corrected chi connectivity index (χ1v) is 8.97. The van der Waals surface area contributed by atoms with Gasteiger partial charge in [-0.1, -0.05) is 22.0 Å². The van der Waals surface area contributed by atoms with E-state index in [2.05, 4.69) is 26.6 Å². The minimum atomic E-state index is -0.221. The minimum absolute atomic E-state index is 0.0265. The van der Waals surface area contributed by atoms with Crippen LogP contribution >= 0.6 is 15.9 Å². The zero-order chi connectivity index (χ0) is 17.8. The predicted molar refractivity (Wildman–Crippen MR) is 98.7 cm³/mol. The van der Waals surface area contributed by atoms with E-state index < -0.39 is 0 Å². The molecule has 1 aromatic heterocycles. The number of nitrogens with one attached hydrogen (secondary N) is 2. The molecule has 7 heteroatoms. The number of carbonyl (C=O) groups is 2. The van der Waals surface area contributed by atoms with Gasteiger partial charge in [0.1, 0.15) is 6.26 Å². The highest BCUT2D eigenvalue weighted by Gasteiger charge is 2.25. The van der Waals surface area contributed by atoms with Gasteiger partial charge in [0, 0.05) is 29.3 Å². The third-order valence-corrected chi connectivity index (χ3v) is 4.83. The molecule has 2 heterocycles. The molecule has 1 aliphatic rings. The van der Waals surface area contributed by atoms with Gasteiger partial charge in [0.2, 0.25) is 0 Å². The van der Waals surface area contributed by atoms with Gasteiger partial charge in [0.25, 0.3) is 5.91 Å². The van der Waals surface area contributed by atoms with Crippen LogP contribution < -0.4 is 10.6 Å². The van der Waals surface area contributed by atoms with Crippen molar-refractivity contribution < 1.29 is 14.0 Å². The summed E-state index contributed by atoms with van der Waals surface area (Å²) in [5.74, 6) is -0.0265. The van der Waals surface area contributed by atoms with Crippen molar-refractivity contribution in [3.63, 3.8) is 0 Å². The van der Waals surface area contributed by atoms with Crippen molar-refractivity contribution in [3.05, 3.63) is 52.4 Å². The Kier molecular flexibility index (Phi) is 5.43. The Balaban J connectivity index is 1.49. The number of benzene rings is 1. The summed E-state index contributed by atoms with van der Waals surface area (Å²) in [6.07, 6.45) is 4.42. The molecular formula is C18H20BrN3O3.